The average molecular weight is 365 g/mol. The first-order valence-electron chi connectivity index (χ1n) is 4.85. The minimum absolute atomic E-state index is 0. The molecule has 80 valence electrons. The van der Waals surface area contributed by atoms with E-state index in [0.29, 0.717) is 5.57 Å². The van der Waals surface area contributed by atoms with Crippen molar-refractivity contribution in [3.8, 4) is 0 Å². The second kappa shape index (κ2) is 15.1. The third-order valence-corrected chi connectivity index (χ3v) is 1.16. The summed E-state index contributed by atoms with van der Waals surface area (Å²) in [5, 5.41) is 0. The zero-order valence-electron chi connectivity index (χ0n) is 9.39. The van der Waals surface area contributed by atoms with Crippen molar-refractivity contribution in [2.75, 3.05) is 0 Å². The first-order chi connectivity index (χ1) is 6.30. The van der Waals surface area contributed by atoms with Crippen LogP contribution in [0.1, 0.15) is 40.5 Å². The average Bonchev–Trinajstić information content (AvgIpc) is 2.25. The summed E-state index contributed by atoms with van der Waals surface area (Å²) in [5.41, 5.74) is 7.09. The molecule has 14 heavy (non-hydrogen) atoms. The Hall–Kier alpha value is -0.362. The van der Waals surface area contributed by atoms with Crippen LogP contribution in [0.25, 0.3) is 5.73 Å². The van der Waals surface area contributed by atoms with E-state index in [9.17, 15) is 4.79 Å². The molecular formula is C11H19NOW. The SMILES string of the molecule is CC.CC.[NH-]C(=O)C1=CCCC=[C-]1.[W+2]. The van der Waals surface area contributed by atoms with Crippen LogP contribution in [0.15, 0.2) is 17.7 Å². The summed E-state index contributed by atoms with van der Waals surface area (Å²) in [4.78, 5) is 10.3. The first kappa shape index (κ1) is 19.2. The van der Waals surface area contributed by atoms with E-state index in [1.807, 2.05) is 27.7 Å². The van der Waals surface area contributed by atoms with E-state index in [0.717, 1.165) is 12.8 Å². The van der Waals surface area contributed by atoms with Crippen molar-refractivity contribution in [3.63, 3.8) is 0 Å². The molecule has 0 aliphatic heterocycles. The maximum absolute atomic E-state index is 10.3. The largest absolute Gasteiger partial charge is 2.00 e. The Morgan fingerprint density at radius 3 is 2.00 bits per heavy atom. The van der Waals surface area contributed by atoms with Crippen LogP contribution in [-0.2, 0) is 25.9 Å². The van der Waals surface area contributed by atoms with E-state index in [1.165, 1.54) is 0 Å². The van der Waals surface area contributed by atoms with Crippen molar-refractivity contribution < 1.29 is 25.9 Å². The minimum Gasteiger partial charge on any atom is -0.723 e. The Kier molecular flexibility index (Phi) is 20.8. The Morgan fingerprint density at radius 2 is 1.79 bits per heavy atom. The molecule has 1 rings (SSSR count). The number of carbonyl (C=O) groups is 1. The van der Waals surface area contributed by atoms with Gasteiger partial charge in [-0.1, -0.05) is 40.5 Å². The molecule has 0 spiro atoms. The van der Waals surface area contributed by atoms with Crippen molar-refractivity contribution in [2.45, 2.75) is 40.5 Å². The van der Waals surface area contributed by atoms with E-state index in [1.54, 1.807) is 12.2 Å². The predicted octanol–water partition coefficient (Wildman–Crippen LogP) is 3.69. The topological polar surface area (TPSA) is 40.9 Å². The van der Waals surface area contributed by atoms with Crippen LogP contribution in [0.4, 0.5) is 0 Å². The van der Waals surface area contributed by atoms with Crippen molar-refractivity contribution in [3.05, 3.63) is 29.5 Å². The van der Waals surface area contributed by atoms with E-state index < -0.39 is 5.91 Å². The van der Waals surface area contributed by atoms with Crippen molar-refractivity contribution >= 4 is 5.91 Å². The molecule has 0 aromatic heterocycles. The molecule has 0 aromatic rings. The van der Waals surface area contributed by atoms with Crippen LogP contribution in [0.3, 0.4) is 0 Å². The van der Waals surface area contributed by atoms with Crippen LogP contribution < -0.4 is 0 Å². The van der Waals surface area contributed by atoms with E-state index in [2.05, 4.69) is 6.08 Å². The Bertz CT molecular complexity index is 186. The molecule has 1 amide bonds. The summed E-state index contributed by atoms with van der Waals surface area (Å²) < 4.78 is 0. The maximum Gasteiger partial charge on any atom is 2.00 e. The van der Waals surface area contributed by atoms with Crippen LogP contribution in [0, 0.1) is 6.08 Å². The monoisotopic (exact) mass is 365 g/mol. The number of hydrogen-bond donors (Lipinski definition) is 0. The van der Waals surface area contributed by atoms with Crippen molar-refractivity contribution in [1.29, 1.82) is 0 Å². The van der Waals surface area contributed by atoms with Gasteiger partial charge in [0.25, 0.3) is 0 Å². The number of hydrogen-bond acceptors (Lipinski definition) is 1. The van der Waals surface area contributed by atoms with Gasteiger partial charge in [-0.2, -0.15) is 17.7 Å². The molecule has 0 bridgehead atoms. The molecule has 0 saturated heterocycles. The minimum atomic E-state index is -0.633. The van der Waals surface area contributed by atoms with Gasteiger partial charge < -0.3 is 10.5 Å². The molecule has 0 atom stereocenters. The van der Waals surface area contributed by atoms with Crippen molar-refractivity contribution in [1.82, 2.24) is 0 Å². The molecular weight excluding hydrogens is 346 g/mol. The Labute approximate surface area is 102 Å². The molecule has 1 N–H and O–H groups in total. The number of amides is 1. The third kappa shape index (κ3) is 9.72. The van der Waals surface area contributed by atoms with Gasteiger partial charge >= 0.3 is 21.1 Å². The van der Waals surface area contributed by atoms with E-state index in [4.69, 9.17) is 5.73 Å². The van der Waals surface area contributed by atoms with E-state index in [-0.39, 0.29) is 21.1 Å². The van der Waals surface area contributed by atoms with Gasteiger partial charge in [0.1, 0.15) is 0 Å². The van der Waals surface area contributed by atoms with Crippen LogP contribution in [0.5, 0.6) is 0 Å². The van der Waals surface area contributed by atoms with Gasteiger partial charge in [-0.25, -0.2) is 0 Å². The van der Waals surface area contributed by atoms with Gasteiger partial charge in [0.15, 0.2) is 0 Å². The Morgan fingerprint density at radius 1 is 1.29 bits per heavy atom. The maximum atomic E-state index is 10.3. The number of allylic oxidation sites excluding steroid dienone is 2. The van der Waals surface area contributed by atoms with Gasteiger partial charge in [-0.05, 0) is 5.91 Å². The molecule has 0 heterocycles. The van der Waals surface area contributed by atoms with Crippen LogP contribution in [0.2, 0.25) is 0 Å². The molecule has 3 heteroatoms. The fourth-order valence-electron chi connectivity index (χ4n) is 0.710. The van der Waals surface area contributed by atoms with Crippen LogP contribution >= 0.6 is 0 Å². The van der Waals surface area contributed by atoms with Crippen LogP contribution in [-0.4, -0.2) is 5.91 Å². The summed E-state index contributed by atoms with van der Waals surface area (Å²) in [6, 6.07) is 0. The molecule has 0 aromatic carbocycles. The molecule has 1 aliphatic carbocycles. The van der Waals surface area contributed by atoms with E-state index >= 15 is 0 Å². The van der Waals surface area contributed by atoms with Gasteiger partial charge in [-0.15, -0.1) is 6.08 Å². The summed E-state index contributed by atoms with van der Waals surface area (Å²) >= 11 is 0. The quantitative estimate of drug-likeness (QED) is 0.654. The zero-order chi connectivity index (χ0) is 10.7. The van der Waals surface area contributed by atoms with Gasteiger partial charge in [0.2, 0.25) is 0 Å². The molecule has 1 aliphatic rings. The summed E-state index contributed by atoms with van der Waals surface area (Å²) in [5.74, 6) is -0.633. The van der Waals surface area contributed by atoms with Crippen molar-refractivity contribution in [2.24, 2.45) is 0 Å². The zero-order valence-corrected chi connectivity index (χ0v) is 12.3. The molecule has 0 unspecified atom stereocenters. The Balaban J connectivity index is -0.000000216. The third-order valence-electron chi connectivity index (χ3n) is 1.16. The summed E-state index contributed by atoms with van der Waals surface area (Å²) in [6.45, 7) is 8.00. The summed E-state index contributed by atoms with van der Waals surface area (Å²) in [7, 11) is 0. The molecule has 0 fully saturated rings. The summed E-state index contributed by atoms with van der Waals surface area (Å²) in [6.07, 6.45) is 8.07. The van der Waals surface area contributed by atoms with Gasteiger partial charge in [0, 0.05) is 0 Å². The number of nitrogens with one attached hydrogen (secondary N) is 1. The standard InChI is InChI=1S/C7H8NO.2C2H6.W/c8-7(9)6-4-2-1-3-5-6;2*1-2;/h2,5H,1,3H2,(H2,8,9);2*1-2H3;/q-1;;;+2/p-1. The second-order valence-corrected chi connectivity index (χ2v) is 1.87. The normalized spacial score (nSPS) is 11.9. The molecule has 0 saturated carbocycles. The molecule has 2 nitrogen and oxygen atoms in total. The fraction of sp³-hybridized carbons (Fsp3) is 0.545. The van der Waals surface area contributed by atoms with Gasteiger partial charge in [0.05, 0.1) is 0 Å². The fourth-order valence-corrected chi connectivity index (χ4v) is 0.710. The smallest absolute Gasteiger partial charge is 0.723 e. The second-order valence-electron chi connectivity index (χ2n) is 1.87. The number of rotatable bonds is 1. The number of carbonyl (C=O) groups excluding carboxylic acids is 1. The predicted molar refractivity (Wildman–Crippen MR) is 57.2 cm³/mol. The van der Waals surface area contributed by atoms with Gasteiger partial charge in [-0.3, -0.25) is 0 Å². The first-order valence-corrected chi connectivity index (χ1v) is 4.85. The molecule has 0 radical (unpaired) electrons.